The Morgan fingerprint density at radius 2 is 1.75 bits per heavy atom. The minimum atomic E-state index is -0.565. The van der Waals surface area contributed by atoms with Crippen molar-refractivity contribution >= 4 is 29.1 Å². The lowest BCUT2D eigenvalue weighted by molar-refractivity contribution is -0.135. The van der Waals surface area contributed by atoms with Crippen molar-refractivity contribution in [3.05, 3.63) is 28.2 Å². The maximum absolute atomic E-state index is 11.6. The van der Waals surface area contributed by atoms with E-state index in [-0.39, 0.29) is 5.91 Å². The number of hydrogen-bond acceptors (Lipinski definition) is 2. The molecule has 1 unspecified atom stereocenters. The highest BCUT2D eigenvalue weighted by atomic mass is 35.5. The zero-order chi connectivity index (χ0) is 12.3. The fraction of sp³-hybridized carbons (Fsp3) is 0.364. The van der Waals surface area contributed by atoms with E-state index in [1.165, 1.54) is 4.90 Å². The first kappa shape index (κ1) is 13.1. The molecule has 16 heavy (non-hydrogen) atoms. The Bertz CT molecular complexity index is 373. The van der Waals surface area contributed by atoms with Gasteiger partial charge in [0.25, 0.3) is 5.91 Å². The van der Waals surface area contributed by atoms with Gasteiger partial charge in [-0.1, -0.05) is 23.2 Å². The van der Waals surface area contributed by atoms with Gasteiger partial charge in [-0.25, -0.2) is 0 Å². The summed E-state index contributed by atoms with van der Waals surface area (Å²) in [5, 5.41) is 0.957. The predicted octanol–water partition coefficient (Wildman–Crippen LogP) is 2.85. The van der Waals surface area contributed by atoms with Crippen LogP contribution in [0.5, 0.6) is 5.75 Å². The summed E-state index contributed by atoms with van der Waals surface area (Å²) in [4.78, 5) is 13.0. The average molecular weight is 262 g/mol. The molecule has 1 amide bonds. The van der Waals surface area contributed by atoms with Crippen molar-refractivity contribution in [1.82, 2.24) is 4.90 Å². The molecule has 0 aliphatic heterocycles. The largest absolute Gasteiger partial charge is 0.481 e. The first-order chi connectivity index (χ1) is 7.40. The van der Waals surface area contributed by atoms with Crippen LogP contribution in [0.2, 0.25) is 10.0 Å². The third-order valence-electron chi connectivity index (χ3n) is 1.94. The molecule has 1 aromatic rings. The highest BCUT2D eigenvalue weighted by Gasteiger charge is 2.16. The predicted molar refractivity (Wildman–Crippen MR) is 65.2 cm³/mol. The average Bonchev–Trinajstić information content (AvgIpc) is 2.14. The minimum Gasteiger partial charge on any atom is -0.481 e. The number of ether oxygens (including phenoxy) is 1. The minimum absolute atomic E-state index is 0.115. The second-order valence-electron chi connectivity index (χ2n) is 3.60. The number of nitrogens with zero attached hydrogens (tertiary/aromatic N) is 1. The van der Waals surface area contributed by atoms with Gasteiger partial charge < -0.3 is 9.64 Å². The molecule has 0 saturated heterocycles. The van der Waals surface area contributed by atoms with Gasteiger partial charge in [0.05, 0.1) is 0 Å². The molecular weight excluding hydrogens is 249 g/mol. The molecule has 0 aliphatic carbocycles. The maximum Gasteiger partial charge on any atom is 0.262 e. The molecule has 1 rings (SSSR count). The molecule has 0 N–H and O–H groups in total. The van der Waals surface area contributed by atoms with Crippen LogP contribution in [-0.4, -0.2) is 31.0 Å². The molecule has 1 atom stereocenters. The molecule has 5 heteroatoms. The van der Waals surface area contributed by atoms with E-state index in [1.54, 1.807) is 39.2 Å². The number of likely N-dealkylation sites (N-methyl/N-ethyl adjacent to an activating group) is 1. The molecular formula is C11H13Cl2NO2. The molecule has 1 aromatic carbocycles. The monoisotopic (exact) mass is 261 g/mol. The van der Waals surface area contributed by atoms with E-state index in [9.17, 15) is 4.79 Å². The molecule has 0 bridgehead atoms. The van der Waals surface area contributed by atoms with Crippen molar-refractivity contribution < 1.29 is 9.53 Å². The Labute approximate surface area is 105 Å². The van der Waals surface area contributed by atoms with Gasteiger partial charge in [-0.3, -0.25) is 4.79 Å². The zero-order valence-corrected chi connectivity index (χ0v) is 10.8. The number of amides is 1. The van der Waals surface area contributed by atoms with Crippen molar-refractivity contribution in [2.45, 2.75) is 13.0 Å². The van der Waals surface area contributed by atoms with Crippen molar-refractivity contribution in [1.29, 1.82) is 0 Å². The SMILES string of the molecule is CC(Oc1cc(Cl)cc(Cl)c1)C(=O)N(C)C. The quantitative estimate of drug-likeness (QED) is 0.838. The third-order valence-corrected chi connectivity index (χ3v) is 2.37. The van der Waals surface area contributed by atoms with Crippen LogP contribution in [0.4, 0.5) is 0 Å². The van der Waals surface area contributed by atoms with Crippen LogP contribution in [0.25, 0.3) is 0 Å². The van der Waals surface area contributed by atoms with Crippen LogP contribution in [0.3, 0.4) is 0 Å². The molecule has 0 spiro atoms. The lowest BCUT2D eigenvalue weighted by Crippen LogP contribution is -2.35. The summed E-state index contributed by atoms with van der Waals surface area (Å²) in [5.74, 6) is 0.372. The lowest BCUT2D eigenvalue weighted by Gasteiger charge is -2.18. The van der Waals surface area contributed by atoms with Gasteiger partial charge in [0.15, 0.2) is 6.10 Å². The van der Waals surface area contributed by atoms with Gasteiger partial charge >= 0.3 is 0 Å². The molecule has 0 fully saturated rings. The summed E-state index contributed by atoms with van der Waals surface area (Å²) < 4.78 is 5.44. The van der Waals surface area contributed by atoms with E-state index in [0.717, 1.165) is 0 Å². The molecule has 0 aromatic heterocycles. The topological polar surface area (TPSA) is 29.5 Å². The zero-order valence-electron chi connectivity index (χ0n) is 9.33. The van der Waals surface area contributed by atoms with Crippen LogP contribution in [-0.2, 0) is 4.79 Å². The number of benzene rings is 1. The summed E-state index contributed by atoms with van der Waals surface area (Å²) >= 11 is 11.6. The fourth-order valence-electron chi connectivity index (χ4n) is 1.21. The lowest BCUT2D eigenvalue weighted by atomic mass is 10.3. The van der Waals surface area contributed by atoms with Crippen LogP contribution in [0, 0.1) is 0 Å². The Morgan fingerprint density at radius 3 is 2.19 bits per heavy atom. The Balaban J connectivity index is 2.76. The fourth-order valence-corrected chi connectivity index (χ4v) is 1.72. The van der Waals surface area contributed by atoms with Crippen LogP contribution >= 0.6 is 23.2 Å². The highest BCUT2D eigenvalue weighted by Crippen LogP contribution is 2.25. The molecule has 0 aliphatic rings. The standard InChI is InChI=1S/C11H13Cl2NO2/c1-7(11(15)14(2)3)16-10-5-8(12)4-9(13)6-10/h4-7H,1-3H3. The van der Waals surface area contributed by atoms with Gasteiger partial charge in [-0.2, -0.15) is 0 Å². The van der Waals surface area contributed by atoms with E-state index in [4.69, 9.17) is 27.9 Å². The van der Waals surface area contributed by atoms with Crippen LogP contribution in [0.1, 0.15) is 6.92 Å². The first-order valence-electron chi connectivity index (χ1n) is 4.74. The molecule has 0 saturated carbocycles. The van der Waals surface area contributed by atoms with Crippen LogP contribution < -0.4 is 4.74 Å². The Hall–Kier alpha value is -0.930. The maximum atomic E-state index is 11.6. The second-order valence-corrected chi connectivity index (χ2v) is 4.47. The van der Waals surface area contributed by atoms with Gasteiger partial charge in [-0.15, -0.1) is 0 Å². The number of halogens is 2. The van der Waals surface area contributed by atoms with E-state index >= 15 is 0 Å². The number of carbonyl (C=O) groups is 1. The summed E-state index contributed by atoms with van der Waals surface area (Å²) in [5.41, 5.74) is 0. The Kier molecular flexibility index (Phi) is 4.44. The summed E-state index contributed by atoms with van der Waals surface area (Å²) in [6.45, 7) is 1.68. The third kappa shape index (κ3) is 3.58. The number of hydrogen-bond donors (Lipinski definition) is 0. The van der Waals surface area contributed by atoms with Crippen LogP contribution in [0.15, 0.2) is 18.2 Å². The van der Waals surface area contributed by atoms with E-state index in [2.05, 4.69) is 0 Å². The first-order valence-corrected chi connectivity index (χ1v) is 5.49. The number of carbonyl (C=O) groups excluding carboxylic acids is 1. The van der Waals surface area contributed by atoms with Crippen molar-refractivity contribution in [3.63, 3.8) is 0 Å². The van der Waals surface area contributed by atoms with E-state index < -0.39 is 6.10 Å². The second kappa shape index (κ2) is 5.41. The summed E-state index contributed by atoms with van der Waals surface area (Å²) in [6.07, 6.45) is -0.565. The number of rotatable bonds is 3. The summed E-state index contributed by atoms with van der Waals surface area (Å²) in [6, 6.07) is 4.84. The smallest absolute Gasteiger partial charge is 0.262 e. The normalized spacial score (nSPS) is 12.1. The van der Waals surface area contributed by atoms with Gasteiger partial charge in [0.1, 0.15) is 5.75 Å². The molecule has 0 radical (unpaired) electrons. The van der Waals surface area contributed by atoms with Gasteiger partial charge in [0, 0.05) is 24.1 Å². The molecule has 3 nitrogen and oxygen atoms in total. The highest BCUT2D eigenvalue weighted by molar-refractivity contribution is 6.34. The van der Waals surface area contributed by atoms with E-state index in [0.29, 0.717) is 15.8 Å². The molecule has 88 valence electrons. The Morgan fingerprint density at radius 1 is 1.25 bits per heavy atom. The molecule has 0 heterocycles. The van der Waals surface area contributed by atoms with E-state index in [1.807, 2.05) is 0 Å². The summed E-state index contributed by atoms with van der Waals surface area (Å²) in [7, 11) is 3.35. The van der Waals surface area contributed by atoms with Crippen molar-refractivity contribution in [2.75, 3.05) is 14.1 Å². The van der Waals surface area contributed by atoms with Crippen molar-refractivity contribution in [2.24, 2.45) is 0 Å². The van der Waals surface area contributed by atoms with Crippen molar-refractivity contribution in [3.8, 4) is 5.75 Å². The van der Waals surface area contributed by atoms with Gasteiger partial charge in [0.2, 0.25) is 0 Å². The van der Waals surface area contributed by atoms with Gasteiger partial charge in [-0.05, 0) is 25.1 Å².